The van der Waals surface area contributed by atoms with E-state index in [1.165, 1.54) is 4.31 Å². The first-order chi connectivity index (χ1) is 9.98. The fourth-order valence-electron chi connectivity index (χ4n) is 2.52. The summed E-state index contributed by atoms with van der Waals surface area (Å²) in [5.74, 6) is 0.682. The Hall–Kier alpha value is -0.330. The van der Waals surface area contributed by atoms with Crippen molar-refractivity contribution in [2.75, 3.05) is 26.8 Å². The quantitative estimate of drug-likeness (QED) is 0.765. The molecule has 0 radical (unpaired) electrons. The Bertz CT molecular complexity index is 584. The van der Waals surface area contributed by atoms with Crippen molar-refractivity contribution in [2.24, 2.45) is 5.92 Å². The molecule has 0 spiro atoms. The molecule has 0 unspecified atom stereocenters. The first-order valence-electron chi connectivity index (χ1n) is 6.82. The summed E-state index contributed by atoms with van der Waals surface area (Å²) in [7, 11) is -1.89. The third-order valence-electron chi connectivity index (χ3n) is 3.74. The third-order valence-corrected chi connectivity index (χ3v) is 6.43. The molecule has 0 atom stereocenters. The van der Waals surface area contributed by atoms with Crippen LogP contribution in [-0.2, 0) is 20.6 Å². The Balaban J connectivity index is 2.19. The zero-order chi connectivity index (χ0) is 15.5. The van der Waals surface area contributed by atoms with Gasteiger partial charge in [-0.15, -0.1) is 11.6 Å². The number of ether oxygens (including phenoxy) is 1. The van der Waals surface area contributed by atoms with E-state index in [9.17, 15) is 8.42 Å². The molecule has 0 saturated carbocycles. The van der Waals surface area contributed by atoms with Crippen LogP contribution in [0.15, 0.2) is 23.1 Å². The lowest BCUT2D eigenvalue weighted by Gasteiger charge is -2.31. The highest BCUT2D eigenvalue weighted by Crippen LogP contribution is 2.29. The predicted molar refractivity (Wildman–Crippen MR) is 84.4 cm³/mol. The molecule has 0 bridgehead atoms. The summed E-state index contributed by atoms with van der Waals surface area (Å²) in [5.41, 5.74) is 0.744. The number of halogens is 2. The van der Waals surface area contributed by atoms with Gasteiger partial charge in [0.15, 0.2) is 0 Å². The second-order valence-corrected chi connectivity index (χ2v) is 7.78. The number of benzene rings is 1. The second kappa shape index (κ2) is 7.29. The van der Waals surface area contributed by atoms with Gasteiger partial charge >= 0.3 is 0 Å². The molecule has 1 aromatic carbocycles. The summed E-state index contributed by atoms with van der Waals surface area (Å²) in [6.07, 6.45) is 1.61. The van der Waals surface area contributed by atoms with Crippen LogP contribution in [0.2, 0.25) is 5.02 Å². The molecule has 2 rings (SSSR count). The summed E-state index contributed by atoms with van der Waals surface area (Å²) in [6.45, 7) is 1.67. The van der Waals surface area contributed by atoms with Crippen molar-refractivity contribution in [3.8, 4) is 0 Å². The summed E-state index contributed by atoms with van der Waals surface area (Å²) in [5, 5.41) is 0.239. The Kier molecular flexibility index (Phi) is 5.91. The molecular formula is C14H19Cl2NO3S. The predicted octanol–water partition coefficient (Wildman–Crippen LogP) is 3.13. The van der Waals surface area contributed by atoms with E-state index in [1.54, 1.807) is 25.3 Å². The van der Waals surface area contributed by atoms with Gasteiger partial charge in [-0.3, -0.25) is 0 Å². The van der Waals surface area contributed by atoms with Crippen LogP contribution in [-0.4, -0.2) is 39.5 Å². The number of alkyl halides is 1. The van der Waals surface area contributed by atoms with Crippen molar-refractivity contribution in [1.29, 1.82) is 0 Å². The number of nitrogens with zero attached hydrogens (tertiary/aromatic N) is 1. The molecule has 1 aliphatic heterocycles. The van der Waals surface area contributed by atoms with Gasteiger partial charge in [-0.25, -0.2) is 8.42 Å². The lowest BCUT2D eigenvalue weighted by molar-refractivity contribution is 0.121. The van der Waals surface area contributed by atoms with E-state index in [1.807, 2.05) is 0 Å². The molecule has 0 amide bonds. The average Bonchev–Trinajstić information content (AvgIpc) is 2.48. The van der Waals surface area contributed by atoms with Crippen molar-refractivity contribution in [3.63, 3.8) is 0 Å². The topological polar surface area (TPSA) is 46.6 Å². The first-order valence-corrected chi connectivity index (χ1v) is 9.17. The van der Waals surface area contributed by atoms with Crippen LogP contribution >= 0.6 is 23.2 Å². The number of piperidine rings is 1. The molecule has 0 aromatic heterocycles. The lowest BCUT2D eigenvalue weighted by atomic mass is 9.99. The van der Waals surface area contributed by atoms with Gasteiger partial charge in [-0.05, 0) is 36.5 Å². The zero-order valence-corrected chi connectivity index (χ0v) is 14.2. The number of hydrogen-bond acceptors (Lipinski definition) is 3. The smallest absolute Gasteiger partial charge is 0.244 e. The van der Waals surface area contributed by atoms with Gasteiger partial charge in [0.25, 0.3) is 0 Å². The molecular weight excluding hydrogens is 333 g/mol. The SMILES string of the molecule is COCC1CCN(S(=O)(=O)c2cc(CCl)ccc2Cl)CC1. The number of rotatable bonds is 5. The molecule has 1 fully saturated rings. The van der Waals surface area contributed by atoms with E-state index < -0.39 is 10.0 Å². The van der Waals surface area contributed by atoms with Crippen molar-refractivity contribution in [2.45, 2.75) is 23.6 Å². The fraction of sp³-hybridized carbons (Fsp3) is 0.571. The van der Waals surface area contributed by atoms with Gasteiger partial charge in [0, 0.05) is 32.7 Å². The molecule has 1 aromatic rings. The highest BCUT2D eigenvalue weighted by molar-refractivity contribution is 7.89. The van der Waals surface area contributed by atoms with Crippen LogP contribution in [0, 0.1) is 5.92 Å². The highest BCUT2D eigenvalue weighted by atomic mass is 35.5. The van der Waals surface area contributed by atoms with Gasteiger partial charge in [-0.2, -0.15) is 4.31 Å². The van der Waals surface area contributed by atoms with Crippen molar-refractivity contribution >= 4 is 33.2 Å². The van der Waals surface area contributed by atoms with Crippen LogP contribution in [0.4, 0.5) is 0 Å². The maximum absolute atomic E-state index is 12.7. The van der Waals surface area contributed by atoms with E-state index in [-0.39, 0.29) is 15.8 Å². The van der Waals surface area contributed by atoms with Crippen molar-refractivity contribution in [3.05, 3.63) is 28.8 Å². The monoisotopic (exact) mass is 351 g/mol. The van der Waals surface area contributed by atoms with E-state index in [0.29, 0.717) is 25.6 Å². The molecule has 0 N–H and O–H groups in total. The fourth-order valence-corrected chi connectivity index (χ4v) is 4.68. The molecule has 1 heterocycles. The minimum atomic E-state index is -3.56. The zero-order valence-electron chi connectivity index (χ0n) is 11.9. The van der Waals surface area contributed by atoms with Gasteiger partial charge in [0.05, 0.1) is 5.02 Å². The number of sulfonamides is 1. The van der Waals surface area contributed by atoms with Gasteiger partial charge in [0.2, 0.25) is 10.0 Å². The first kappa shape index (κ1) is 17.0. The van der Waals surface area contributed by atoms with Crippen molar-refractivity contribution < 1.29 is 13.2 Å². The maximum atomic E-state index is 12.7. The Morgan fingerprint density at radius 3 is 2.57 bits per heavy atom. The average molecular weight is 352 g/mol. The molecule has 1 aliphatic rings. The standard InChI is InChI=1S/C14H19Cl2NO3S/c1-20-10-11-4-6-17(7-5-11)21(18,19)14-8-12(9-15)2-3-13(14)16/h2-3,8,11H,4-7,9-10H2,1H3. The summed E-state index contributed by atoms with van der Waals surface area (Å²) < 4.78 is 32.0. The maximum Gasteiger partial charge on any atom is 0.244 e. The molecule has 7 heteroatoms. The lowest BCUT2D eigenvalue weighted by Crippen LogP contribution is -2.39. The molecule has 118 valence electrons. The minimum Gasteiger partial charge on any atom is -0.384 e. The molecule has 1 saturated heterocycles. The Labute approximate surface area is 136 Å². The Morgan fingerprint density at radius 2 is 2.00 bits per heavy atom. The summed E-state index contributed by atoms with van der Waals surface area (Å²) >= 11 is 11.8. The van der Waals surface area contributed by atoms with E-state index >= 15 is 0 Å². The molecule has 0 aliphatic carbocycles. The number of methoxy groups -OCH3 is 1. The van der Waals surface area contributed by atoms with Gasteiger partial charge in [0.1, 0.15) is 4.90 Å². The Morgan fingerprint density at radius 1 is 1.33 bits per heavy atom. The highest BCUT2D eigenvalue weighted by Gasteiger charge is 2.30. The number of hydrogen-bond donors (Lipinski definition) is 0. The van der Waals surface area contributed by atoms with E-state index in [0.717, 1.165) is 18.4 Å². The van der Waals surface area contributed by atoms with Crippen LogP contribution < -0.4 is 0 Å². The van der Waals surface area contributed by atoms with Crippen LogP contribution in [0.1, 0.15) is 18.4 Å². The molecule has 21 heavy (non-hydrogen) atoms. The second-order valence-electron chi connectivity index (χ2n) is 5.20. The van der Waals surface area contributed by atoms with Gasteiger partial charge < -0.3 is 4.74 Å². The van der Waals surface area contributed by atoms with Crippen LogP contribution in [0.3, 0.4) is 0 Å². The van der Waals surface area contributed by atoms with E-state index in [2.05, 4.69) is 0 Å². The normalized spacial score (nSPS) is 18.0. The van der Waals surface area contributed by atoms with Crippen molar-refractivity contribution in [1.82, 2.24) is 4.31 Å². The molecule has 4 nitrogen and oxygen atoms in total. The summed E-state index contributed by atoms with van der Waals surface area (Å²) in [4.78, 5) is 0.146. The van der Waals surface area contributed by atoms with E-state index in [4.69, 9.17) is 27.9 Å². The third kappa shape index (κ3) is 3.90. The summed E-state index contributed by atoms with van der Waals surface area (Å²) in [6, 6.07) is 4.88. The van der Waals surface area contributed by atoms with Crippen LogP contribution in [0.25, 0.3) is 0 Å². The van der Waals surface area contributed by atoms with Crippen LogP contribution in [0.5, 0.6) is 0 Å². The minimum absolute atomic E-state index is 0.146. The van der Waals surface area contributed by atoms with Gasteiger partial charge in [-0.1, -0.05) is 17.7 Å². The largest absolute Gasteiger partial charge is 0.384 e.